The van der Waals surface area contributed by atoms with Gasteiger partial charge in [-0.1, -0.05) is 6.07 Å². The predicted molar refractivity (Wildman–Crippen MR) is 79.6 cm³/mol. The summed E-state index contributed by atoms with van der Waals surface area (Å²) in [6, 6.07) is 3.40. The third kappa shape index (κ3) is 2.73. The van der Waals surface area contributed by atoms with Gasteiger partial charge in [0.1, 0.15) is 22.9 Å². The molecule has 3 rings (SSSR count). The largest absolute Gasteiger partial charge is 0.477 e. The van der Waals surface area contributed by atoms with Crippen LogP contribution in [0.5, 0.6) is 5.88 Å². The number of hydrogen-bond acceptors (Lipinski definition) is 5. The minimum Gasteiger partial charge on any atom is -0.477 e. The summed E-state index contributed by atoms with van der Waals surface area (Å²) in [7, 11) is 0. The van der Waals surface area contributed by atoms with Crippen LogP contribution in [0.25, 0.3) is 11.3 Å². The van der Waals surface area contributed by atoms with Gasteiger partial charge in [-0.2, -0.15) is 5.10 Å². The van der Waals surface area contributed by atoms with E-state index in [1.54, 1.807) is 6.92 Å². The molecule has 6 nitrogen and oxygen atoms in total. The Hall–Kier alpha value is -2.48. The van der Waals surface area contributed by atoms with Gasteiger partial charge < -0.3 is 14.6 Å². The maximum absolute atomic E-state index is 14.2. The number of halogens is 2. The zero-order valence-corrected chi connectivity index (χ0v) is 13.0. The van der Waals surface area contributed by atoms with Crippen molar-refractivity contribution < 1.29 is 28.2 Å². The van der Waals surface area contributed by atoms with Gasteiger partial charge in [-0.3, -0.25) is 0 Å². The number of carbonyl (C=O) groups excluding carboxylic acids is 1. The quantitative estimate of drug-likeness (QED) is 0.863. The molecule has 0 spiro atoms. The Bertz CT molecular complexity index is 755. The number of fused-ring (bicyclic) bond motifs is 1. The van der Waals surface area contributed by atoms with Crippen molar-refractivity contribution >= 4 is 5.97 Å². The van der Waals surface area contributed by atoms with E-state index >= 15 is 0 Å². The Kier molecular flexibility index (Phi) is 4.48. The van der Waals surface area contributed by atoms with Crippen LogP contribution >= 0.6 is 0 Å². The number of hydrogen-bond donors (Lipinski definition) is 1. The molecule has 0 aliphatic carbocycles. The van der Waals surface area contributed by atoms with Crippen molar-refractivity contribution in [2.24, 2.45) is 5.92 Å². The summed E-state index contributed by atoms with van der Waals surface area (Å²) in [5.41, 5.74) is -0.693. The number of carbonyl (C=O) groups is 1. The highest BCUT2D eigenvalue weighted by molar-refractivity contribution is 5.99. The summed E-state index contributed by atoms with van der Waals surface area (Å²) in [4.78, 5) is 12.3. The number of ether oxygens (including phenoxy) is 2. The highest BCUT2D eigenvalue weighted by Crippen LogP contribution is 2.36. The molecule has 0 saturated carbocycles. The standard InChI is InChI=1S/C16H16F2N2O4/c1-2-23-16(22)13-14(12-10(17)4-3-5-11(12)18)19-20-6-9(7-21)8-24-15(13)20/h3-5,9,21H,2,6-8H2,1H3. The fourth-order valence-electron chi connectivity index (χ4n) is 2.61. The van der Waals surface area contributed by atoms with Gasteiger partial charge in [-0.05, 0) is 19.1 Å². The fourth-order valence-corrected chi connectivity index (χ4v) is 2.61. The molecule has 1 aromatic heterocycles. The van der Waals surface area contributed by atoms with Crippen LogP contribution in [-0.2, 0) is 11.3 Å². The lowest BCUT2D eigenvalue weighted by Crippen LogP contribution is -2.28. The number of benzene rings is 1. The number of aliphatic hydroxyl groups is 1. The smallest absolute Gasteiger partial charge is 0.345 e. The molecule has 1 aliphatic rings. The molecule has 1 atom stereocenters. The zero-order chi connectivity index (χ0) is 17.3. The highest BCUT2D eigenvalue weighted by Gasteiger charge is 2.33. The van der Waals surface area contributed by atoms with Crippen molar-refractivity contribution in [3.05, 3.63) is 35.4 Å². The molecule has 24 heavy (non-hydrogen) atoms. The first-order valence-corrected chi connectivity index (χ1v) is 7.52. The van der Waals surface area contributed by atoms with Crippen LogP contribution in [0.4, 0.5) is 8.78 Å². The Labute approximate surface area is 136 Å². The number of esters is 1. The highest BCUT2D eigenvalue weighted by atomic mass is 19.1. The fraction of sp³-hybridized carbons (Fsp3) is 0.375. The van der Waals surface area contributed by atoms with Gasteiger partial charge in [0.15, 0.2) is 0 Å². The predicted octanol–water partition coefficient (Wildman–Crippen LogP) is 2.01. The molecule has 128 valence electrons. The van der Waals surface area contributed by atoms with Crippen molar-refractivity contribution in [3.63, 3.8) is 0 Å². The van der Waals surface area contributed by atoms with Crippen LogP contribution in [-0.4, -0.2) is 40.7 Å². The Morgan fingerprint density at radius 3 is 2.79 bits per heavy atom. The van der Waals surface area contributed by atoms with Crippen LogP contribution in [0.15, 0.2) is 18.2 Å². The summed E-state index contributed by atoms with van der Waals surface area (Å²) in [6.45, 7) is 2.04. The first-order valence-electron chi connectivity index (χ1n) is 7.52. The lowest BCUT2D eigenvalue weighted by Gasteiger charge is -2.22. The van der Waals surface area contributed by atoms with E-state index in [0.717, 1.165) is 12.1 Å². The molecule has 1 N–H and O–H groups in total. The summed E-state index contributed by atoms with van der Waals surface area (Å²) >= 11 is 0. The molecule has 1 aliphatic heterocycles. The van der Waals surface area contributed by atoms with Crippen molar-refractivity contribution in [1.29, 1.82) is 0 Å². The molecule has 2 heterocycles. The van der Waals surface area contributed by atoms with Gasteiger partial charge in [-0.25, -0.2) is 18.3 Å². The van der Waals surface area contributed by atoms with E-state index in [9.17, 15) is 18.7 Å². The molecule has 0 amide bonds. The number of aromatic nitrogens is 2. The van der Waals surface area contributed by atoms with Crippen molar-refractivity contribution in [3.8, 4) is 17.1 Å². The molecule has 1 aromatic carbocycles. The van der Waals surface area contributed by atoms with Crippen molar-refractivity contribution in [1.82, 2.24) is 9.78 Å². The van der Waals surface area contributed by atoms with E-state index in [4.69, 9.17) is 9.47 Å². The van der Waals surface area contributed by atoms with Gasteiger partial charge in [0.2, 0.25) is 5.88 Å². The number of rotatable bonds is 4. The maximum atomic E-state index is 14.2. The third-order valence-corrected chi connectivity index (χ3v) is 3.73. The van der Waals surface area contributed by atoms with E-state index in [-0.39, 0.29) is 49.4 Å². The molecule has 0 saturated heterocycles. The monoisotopic (exact) mass is 338 g/mol. The normalized spacial score (nSPS) is 16.4. The van der Waals surface area contributed by atoms with Crippen LogP contribution in [0.1, 0.15) is 17.3 Å². The number of nitrogens with zero attached hydrogens (tertiary/aromatic N) is 2. The van der Waals surface area contributed by atoms with E-state index in [1.165, 1.54) is 10.7 Å². The lowest BCUT2D eigenvalue weighted by atomic mass is 10.1. The van der Waals surface area contributed by atoms with Gasteiger partial charge in [0.05, 0.1) is 31.9 Å². The molecule has 0 bridgehead atoms. The van der Waals surface area contributed by atoms with Gasteiger partial charge in [-0.15, -0.1) is 0 Å². The Balaban J connectivity index is 2.18. The maximum Gasteiger partial charge on any atom is 0.345 e. The second kappa shape index (κ2) is 6.56. The van der Waals surface area contributed by atoms with Crippen LogP contribution in [0, 0.1) is 17.6 Å². The molecular weight excluding hydrogens is 322 g/mol. The lowest BCUT2D eigenvalue weighted by molar-refractivity contribution is 0.0513. The molecular formula is C16H16F2N2O4. The SMILES string of the molecule is CCOC(=O)c1c(-c2c(F)cccc2F)nn2c1OCC(CO)C2. The second-order valence-corrected chi connectivity index (χ2v) is 5.39. The van der Waals surface area contributed by atoms with Gasteiger partial charge >= 0.3 is 5.97 Å². The van der Waals surface area contributed by atoms with Crippen molar-refractivity contribution in [2.45, 2.75) is 13.5 Å². The molecule has 8 heteroatoms. The topological polar surface area (TPSA) is 73.6 Å². The van der Waals surface area contributed by atoms with Gasteiger partial charge in [0, 0.05) is 5.92 Å². The van der Waals surface area contributed by atoms with Crippen LogP contribution in [0.2, 0.25) is 0 Å². The Morgan fingerprint density at radius 2 is 2.17 bits per heavy atom. The molecule has 2 aromatic rings. The van der Waals surface area contributed by atoms with E-state index < -0.39 is 23.2 Å². The van der Waals surface area contributed by atoms with E-state index in [0.29, 0.717) is 0 Å². The average molecular weight is 338 g/mol. The minimum absolute atomic E-state index is 0.0933. The zero-order valence-electron chi connectivity index (χ0n) is 13.0. The minimum atomic E-state index is -0.838. The van der Waals surface area contributed by atoms with E-state index in [1.807, 2.05) is 0 Å². The second-order valence-electron chi connectivity index (χ2n) is 5.39. The first kappa shape index (κ1) is 16.4. The summed E-state index contributed by atoms with van der Waals surface area (Å²) in [6.07, 6.45) is 0. The number of aliphatic hydroxyl groups excluding tert-OH is 1. The average Bonchev–Trinajstić information content (AvgIpc) is 2.92. The molecule has 0 radical (unpaired) electrons. The summed E-state index contributed by atoms with van der Waals surface area (Å²) < 4.78 is 40.1. The molecule has 1 unspecified atom stereocenters. The van der Waals surface area contributed by atoms with Crippen molar-refractivity contribution in [2.75, 3.05) is 19.8 Å². The summed E-state index contributed by atoms with van der Waals surface area (Å²) in [5, 5.41) is 13.4. The van der Waals surface area contributed by atoms with Gasteiger partial charge in [0.25, 0.3) is 0 Å². The first-order chi connectivity index (χ1) is 11.6. The Morgan fingerprint density at radius 1 is 1.46 bits per heavy atom. The van der Waals surface area contributed by atoms with Crippen LogP contribution < -0.4 is 4.74 Å². The van der Waals surface area contributed by atoms with E-state index in [2.05, 4.69) is 5.10 Å². The molecule has 0 fully saturated rings. The third-order valence-electron chi connectivity index (χ3n) is 3.73. The van der Waals surface area contributed by atoms with Crippen LogP contribution in [0.3, 0.4) is 0 Å². The summed E-state index contributed by atoms with van der Waals surface area (Å²) in [5.74, 6) is -2.56.